The van der Waals surface area contributed by atoms with E-state index in [4.69, 9.17) is 5.73 Å². The van der Waals surface area contributed by atoms with Crippen molar-refractivity contribution in [3.8, 4) is 11.4 Å². The summed E-state index contributed by atoms with van der Waals surface area (Å²) in [4.78, 5) is 0. The minimum Gasteiger partial charge on any atom is -0.398 e. The van der Waals surface area contributed by atoms with Crippen LogP contribution in [0.1, 0.15) is 25.5 Å². The number of hydrogen-bond donors (Lipinski definition) is 1. The molecule has 0 aliphatic heterocycles. The second-order valence-corrected chi connectivity index (χ2v) is 4.06. The van der Waals surface area contributed by atoms with Crippen molar-refractivity contribution >= 4 is 5.69 Å². The maximum atomic E-state index is 5.88. The summed E-state index contributed by atoms with van der Waals surface area (Å²) in [5, 5.41) is 11.7. The van der Waals surface area contributed by atoms with Crippen LogP contribution in [0, 0.1) is 6.92 Å². The third-order valence-electron chi connectivity index (χ3n) is 2.60. The third kappa shape index (κ3) is 1.64. The van der Waals surface area contributed by atoms with Crippen molar-refractivity contribution in [3.05, 3.63) is 23.8 Å². The Morgan fingerprint density at radius 1 is 1.31 bits per heavy atom. The van der Waals surface area contributed by atoms with Gasteiger partial charge in [0.1, 0.15) is 0 Å². The average molecular weight is 217 g/mol. The molecule has 0 radical (unpaired) electrons. The molecule has 2 rings (SSSR count). The van der Waals surface area contributed by atoms with Gasteiger partial charge in [-0.15, -0.1) is 5.10 Å². The zero-order chi connectivity index (χ0) is 11.7. The number of nitrogen functional groups attached to an aromatic ring is 1. The SMILES string of the molecule is Cc1c(N)cccc1-c1nnnn1C(C)C. The largest absolute Gasteiger partial charge is 0.398 e. The van der Waals surface area contributed by atoms with Crippen LogP contribution in [-0.4, -0.2) is 20.2 Å². The van der Waals surface area contributed by atoms with E-state index >= 15 is 0 Å². The van der Waals surface area contributed by atoms with E-state index in [1.807, 2.05) is 39.0 Å². The molecule has 0 spiro atoms. The molecule has 84 valence electrons. The molecular formula is C11H15N5. The van der Waals surface area contributed by atoms with Crippen molar-refractivity contribution in [2.24, 2.45) is 0 Å². The Hall–Kier alpha value is -1.91. The summed E-state index contributed by atoms with van der Waals surface area (Å²) >= 11 is 0. The topological polar surface area (TPSA) is 69.6 Å². The number of rotatable bonds is 2. The first-order valence-electron chi connectivity index (χ1n) is 5.24. The van der Waals surface area contributed by atoms with E-state index in [2.05, 4.69) is 15.5 Å². The molecule has 0 fully saturated rings. The monoisotopic (exact) mass is 217 g/mol. The predicted molar refractivity (Wildman–Crippen MR) is 62.8 cm³/mol. The second kappa shape index (κ2) is 3.92. The van der Waals surface area contributed by atoms with Crippen LogP contribution in [0.25, 0.3) is 11.4 Å². The van der Waals surface area contributed by atoms with Gasteiger partial charge in [0, 0.05) is 11.3 Å². The van der Waals surface area contributed by atoms with Crippen molar-refractivity contribution in [2.45, 2.75) is 26.8 Å². The molecule has 2 aromatic rings. The summed E-state index contributed by atoms with van der Waals surface area (Å²) in [5.41, 5.74) is 8.63. The summed E-state index contributed by atoms with van der Waals surface area (Å²) < 4.78 is 1.79. The van der Waals surface area contributed by atoms with Crippen LogP contribution in [-0.2, 0) is 0 Å². The molecule has 1 aromatic carbocycles. The van der Waals surface area contributed by atoms with Crippen LogP contribution in [0.5, 0.6) is 0 Å². The van der Waals surface area contributed by atoms with Gasteiger partial charge in [0.25, 0.3) is 0 Å². The van der Waals surface area contributed by atoms with Gasteiger partial charge in [0.05, 0.1) is 6.04 Å². The molecule has 0 saturated carbocycles. The van der Waals surface area contributed by atoms with Crippen LogP contribution in [0.4, 0.5) is 5.69 Å². The van der Waals surface area contributed by atoms with Gasteiger partial charge >= 0.3 is 0 Å². The maximum absolute atomic E-state index is 5.88. The molecule has 0 unspecified atom stereocenters. The predicted octanol–water partition coefficient (Wildman–Crippen LogP) is 1.81. The molecule has 0 atom stereocenters. The highest BCUT2D eigenvalue weighted by molar-refractivity contribution is 5.67. The van der Waals surface area contributed by atoms with Gasteiger partial charge in [-0.1, -0.05) is 12.1 Å². The lowest BCUT2D eigenvalue weighted by Crippen LogP contribution is -2.06. The Morgan fingerprint density at radius 3 is 2.75 bits per heavy atom. The average Bonchev–Trinajstić information content (AvgIpc) is 2.70. The van der Waals surface area contributed by atoms with Crippen molar-refractivity contribution in [1.82, 2.24) is 20.2 Å². The summed E-state index contributed by atoms with van der Waals surface area (Å²) in [6.45, 7) is 6.06. The lowest BCUT2D eigenvalue weighted by atomic mass is 10.1. The lowest BCUT2D eigenvalue weighted by molar-refractivity contribution is 0.519. The van der Waals surface area contributed by atoms with E-state index in [0.717, 1.165) is 22.6 Å². The highest BCUT2D eigenvalue weighted by atomic mass is 15.5. The van der Waals surface area contributed by atoms with Crippen molar-refractivity contribution in [3.63, 3.8) is 0 Å². The normalized spacial score (nSPS) is 11.0. The molecule has 0 amide bonds. The summed E-state index contributed by atoms with van der Waals surface area (Å²) in [5.74, 6) is 0.764. The van der Waals surface area contributed by atoms with Gasteiger partial charge in [-0.2, -0.15) is 0 Å². The van der Waals surface area contributed by atoms with Gasteiger partial charge in [-0.25, -0.2) is 4.68 Å². The highest BCUT2D eigenvalue weighted by Crippen LogP contribution is 2.25. The fraction of sp³-hybridized carbons (Fsp3) is 0.364. The Morgan fingerprint density at radius 2 is 2.06 bits per heavy atom. The molecule has 0 bridgehead atoms. The fourth-order valence-electron chi connectivity index (χ4n) is 1.61. The van der Waals surface area contributed by atoms with Gasteiger partial charge in [-0.3, -0.25) is 0 Å². The summed E-state index contributed by atoms with van der Waals surface area (Å²) in [6.07, 6.45) is 0. The van der Waals surface area contributed by atoms with Crippen molar-refractivity contribution in [1.29, 1.82) is 0 Å². The molecule has 5 nitrogen and oxygen atoms in total. The Labute approximate surface area is 94.3 Å². The maximum Gasteiger partial charge on any atom is 0.182 e. The third-order valence-corrected chi connectivity index (χ3v) is 2.60. The molecule has 0 aliphatic rings. The van der Waals surface area contributed by atoms with E-state index in [1.54, 1.807) is 4.68 Å². The summed E-state index contributed by atoms with van der Waals surface area (Å²) in [6, 6.07) is 6.00. The fourth-order valence-corrected chi connectivity index (χ4v) is 1.61. The van der Waals surface area contributed by atoms with E-state index < -0.39 is 0 Å². The van der Waals surface area contributed by atoms with E-state index in [0.29, 0.717) is 0 Å². The van der Waals surface area contributed by atoms with Crippen LogP contribution < -0.4 is 5.73 Å². The first-order chi connectivity index (χ1) is 7.61. The number of aromatic nitrogens is 4. The minimum absolute atomic E-state index is 0.228. The van der Waals surface area contributed by atoms with Gasteiger partial charge in [0.2, 0.25) is 0 Å². The lowest BCUT2D eigenvalue weighted by Gasteiger charge is -2.10. The number of nitrogens with two attached hydrogens (primary N) is 1. The Balaban J connectivity index is 2.59. The van der Waals surface area contributed by atoms with Crippen molar-refractivity contribution in [2.75, 3.05) is 5.73 Å². The van der Waals surface area contributed by atoms with E-state index in [-0.39, 0.29) is 6.04 Å². The minimum atomic E-state index is 0.228. The van der Waals surface area contributed by atoms with Gasteiger partial charge in [-0.05, 0) is 42.8 Å². The molecule has 2 N–H and O–H groups in total. The van der Waals surface area contributed by atoms with E-state index in [1.165, 1.54) is 0 Å². The Kier molecular flexibility index (Phi) is 2.60. The van der Waals surface area contributed by atoms with Crippen molar-refractivity contribution < 1.29 is 0 Å². The van der Waals surface area contributed by atoms with Crippen LogP contribution in [0.2, 0.25) is 0 Å². The number of anilines is 1. The molecule has 5 heteroatoms. The zero-order valence-electron chi connectivity index (χ0n) is 9.68. The number of tetrazole rings is 1. The first kappa shape index (κ1) is 10.6. The second-order valence-electron chi connectivity index (χ2n) is 4.06. The van der Waals surface area contributed by atoms with Gasteiger partial charge < -0.3 is 5.73 Å². The van der Waals surface area contributed by atoms with Crippen LogP contribution in [0.3, 0.4) is 0 Å². The molecule has 1 heterocycles. The highest BCUT2D eigenvalue weighted by Gasteiger charge is 2.14. The molecule has 1 aromatic heterocycles. The van der Waals surface area contributed by atoms with Gasteiger partial charge in [0.15, 0.2) is 5.82 Å². The smallest absolute Gasteiger partial charge is 0.182 e. The quantitative estimate of drug-likeness (QED) is 0.779. The molecule has 0 saturated heterocycles. The first-order valence-corrected chi connectivity index (χ1v) is 5.24. The Bertz CT molecular complexity index is 501. The van der Waals surface area contributed by atoms with Crippen LogP contribution >= 0.6 is 0 Å². The number of benzene rings is 1. The standard InChI is InChI=1S/C11H15N5/c1-7(2)16-11(13-14-15-16)9-5-4-6-10(12)8(9)3/h4-7H,12H2,1-3H3. The van der Waals surface area contributed by atoms with E-state index in [9.17, 15) is 0 Å². The molecule has 16 heavy (non-hydrogen) atoms. The molecular weight excluding hydrogens is 202 g/mol. The zero-order valence-corrected chi connectivity index (χ0v) is 9.68. The number of nitrogens with zero attached hydrogens (tertiary/aromatic N) is 4. The van der Waals surface area contributed by atoms with Crippen LogP contribution in [0.15, 0.2) is 18.2 Å². The molecule has 0 aliphatic carbocycles. The number of hydrogen-bond acceptors (Lipinski definition) is 4. The summed E-state index contributed by atoms with van der Waals surface area (Å²) in [7, 11) is 0.